The quantitative estimate of drug-likeness (QED) is 0.526. The van der Waals surface area contributed by atoms with E-state index in [1.807, 2.05) is 54.6 Å². The molecule has 0 bridgehead atoms. The van der Waals surface area contributed by atoms with Gasteiger partial charge in [0.2, 0.25) is 0 Å². The average molecular weight is 387 g/mol. The van der Waals surface area contributed by atoms with Gasteiger partial charge in [0.15, 0.2) is 0 Å². The van der Waals surface area contributed by atoms with Crippen molar-refractivity contribution in [2.75, 3.05) is 7.11 Å². The topological polar surface area (TPSA) is 73.9 Å². The number of aromatic nitrogens is 3. The van der Waals surface area contributed by atoms with E-state index in [1.54, 1.807) is 31.4 Å². The van der Waals surface area contributed by atoms with E-state index < -0.39 is 0 Å². The van der Waals surface area contributed by atoms with E-state index in [0.717, 1.165) is 5.57 Å². The van der Waals surface area contributed by atoms with Crippen molar-refractivity contribution in [3.63, 3.8) is 0 Å². The third-order valence-electron chi connectivity index (χ3n) is 3.62. The first-order chi connectivity index (χ1) is 12.3. The number of hydrogen-bond acceptors (Lipinski definition) is 4. The minimum absolute atomic E-state index is 0. The summed E-state index contributed by atoms with van der Waals surface area (Å²) < 4.78 is 5.08. The summed E-state index contributed by atoms with van der Waals surface area (Å²) in [5.74, 6) is 0.564. The van der Waals surface area contributed by atoms with Gasteiger partial charge in [-0.05, 0) is 17.7 Å². The predicted molar refractivity (Wildman–Crippen MR) is 94.9 cm³/mol. The standard InChI is InChI=1S/C15H13N3O2.C5H5.Fe/c1-20-12-8-6-11(7-9-12)15(19)14-13(16-18-17-14)10-4-2-3-5-10;1-2-4-5-3-1;/h2-9,19H,1H3,(H,16,17);1-5H;/q;-1;+2/p-1/b15-14+;;. The normalized spacial score (nSPS) is 12.9. The number of H-pyrrole nitrogens is 1. The maximum absolute atomic E-state index is 12.5. The van der Waals surface area contributed by atoms with Crippen LogP contribution in [-0.4, -0.2) is 22.5 Å². The molecule has 1 aliphatic carbocycles. The summed E-state index contributed by atoms with van der Waals surface area (Å²) in [6.45, 7) is 0. The Hall–Kier alpha value is -2.95. The number of nitrogens with one attached hydrogen (secondary N) is 1. The van der Waals surface area contributed by atoms with Crippen molar-refractivity contribution in [3.05, 3.63) is 95.2 Å². The Labute approximate surface area is 161 Å². The summed E-state index contributed by atoms with van der Waals surface area (Å²) in [4.78, 5) is 0. The van der Waals surface area contributed by atoms with Gasteiger partial charge in [0.25, 0.3) is 0 Å². The molecule has 1 aromatic heterocycles. The molecule has 0 aliphatic heterocycles. The average Bonchev–Trinajstić information content (AvgIpc) is 3.44. The summed E-state index contributed by atoms with van der Waals surface area (Å²) >= 11 is 0. The van der Waals surface area contributed by atoms with Crippen LogP contribution in [0, 0.1) is 0 Å². The van der Waals surface area contributed by atoms with E-state index in [4.69, 9.17) is 4.74 Å². The van der Waals surface area contributed by atoms with E-state index in [-0.39, 0.29) is 22.8 Å². The molecule has 132 valence electrons. The molecule has 0 saturated heterocycles. The number of methoxy groups -OCH3 is 1. The van der Waals surface area contributed by atoms with E-state index in [2.05, 4.69) is 15.4 Å². The first kappa shape index (κ1) is 19.4. The second-order valence-corrected chi connectivity index (χ2v) is 5.23. The second kappa shape index (κ2) is 9.51. The SMILES string of the molecule is COc1ccc(/C([O-])=c2\[nH]nnc2=C2C=CC=C2)cc1.[Fe+2].c1cc[cH-]c1. The van der Waals surface area contributed by atoms with Crippen molar-refractivity contribution < 1.29 is 26.9 Å². The summed E-state index contributed by atoms with van der Waals surface area (Å²) in [5.41, 5.74) is 1.43. The van der Waals surface area contributed by atoms with Crippen LogP contribution in [0.2, 0.25) is 0 Å². The molecular formula is C20H17FeN3O2. The van der Waals surface area contributed by atoms with Crippen molar-refractivity contribution in [2.24, 2.45) is 0 Å². The molecule has 0 unspecified atom stereocenters. The van der Waals surface area contributed by atoms with Crippen LogP contribution < -0.4 is 20.5 Å². The van der Waals surface area contributed by atoms with Gasteiger partial charge in [0, 0.05) is 5.57 Å². The Morgan fingerprint density at radius 2 is 1.73 bits per heavy atom. The van der Waals surface area contributed by atoms with Crippen LogP contribution >= 0.6 is 0 Å². The molecule has 0 spiro atoms. The van der Waals surface area contributed by atoms with Crippen LogP contribution in [-0.2, 0) is 17.1 Å². The number of allylic oxidation sites excluding steroid dienone is 4. The molecule has 26 heavy (non-hydrogen) atoms. The minimum Gasteiger partial charge on any atom is -0.871 e. The molecule has 5 nitrogen and oxygen atoms in total. The van der Waals surface area contributed by atoms with Gasteiger partial charge in [0.05, 0.1) is 12.5 Å². The van der Waals surface area contributed by atoms with Gasteiger partial charge < -0.3 is 9.84 Å². The molecular weight excluding hydrogens is 370 g/mol. The number of hydrogen-bond donors (Lipinski definition) is 1. The Kier molecular flexibility index (Phi) is 7.09. The molecule has 0 fully saturated rings. The zero-order valence-corrected chi connectivity index (χ0v) is 15.2. The molecule has 1 N–H and O–H groups in total. The fourth-order valence-electron chi connectivity index (χ4n) is 2.33. The maximum Gasteiger partial charge on any atom is 2.00 e. The van der Waals surface area contributed by atoms with Gasteiger partial charge in [0.1, 0.15) is 11.1 Å². The first-order valence-electron chi connectivity index (χ1n) is 7.78. The van der Waals surface area contributed by atoms with Gasteiger partial charge in [-0.1, -0.05) is 47.4 Å². The molecule has 6 heteroatoms. The van der Waals surface area contributed by atoms with Crippen molar-refractivity contribution >= 4 is 11.3 Å². The van der Waals surface area contributed by atoms with Crippen LogP contribution in [0.25, 0.3) is 11.3 Å². The molecule has 0 saturated carbocycles. The van der Waals surface area contributed by atoms with Gasteiger partial charge >= 0.3 is 17.1 Å². The maximum atomic E-state index is 12.5. The summed E-state index contributed by atoms with van der Waals surface area (Å²) in [6, 6.07) is 16.9. The van der Waals surface area contributed by atoms with Gasteiger partial charge in [-0.15, -0.1) is 5.10 Å². The number of ether oxygens (including phenoxy) is 1. The Morgan fingerprint density at radius 1 is 1.08 bits per heavy atom. The van der Waals surface area contributed by atoms with E-state index >= 15 is 0 Å². The van der Waals surface area contributed by atoms with Crippen molar-refractivity contribution in [1.82, 2.24) is 15.4 Å². The molecule has 1 aliphatic rings. The van der Waals surface area contributed by atoms with Gasteiger partial charge in [-0.2, -0.15) is 18.2 Å². The fraction of sp³-hybridized carbons (Fsp3) is 0.0500. The zero-order chi connectivity index (χ0) is 17.5. The van der Waals surface area contributed by atoms with Crippen LogP contribution in [0.4, 0.5) is 0 Å². The zero-order valence-electron chi connectivity index (χ0n) is 14.1. The Morgan fingerprint density at radius 3 is 2.27 bits per heavy atom. The monoisotopic (exact) mass is 387 g/mol. The fourth-order valence-corrected chi connectivity index (χ4v) is 2.33. The van der Waals surface area contributed by atoms with Gasteiger partial charge in [-0.3, -0.25) is 5.10 Å². The third kappa shape index (κ3) is 4.57. The number of rotatable bonds is 2. The first-order valence-corrected chi connectivity index (χ1v) is 7.78. The predicted octanol–water partition coefficient (Wildman–Crippen LogP) is 1.01. The van der Waals surface area contributed by atoms with E-state index in [9.17, 15) is 5.11 Å². The smallest absolute Gasteiger partial charge is 0.871 e. The second-order valence-electron chi connectivity index (χ2n) is 5.23. The molecule has 3 aromatic rings. The largest absolute Gasteiger partial charge is 2.00 e. The number of benzene rings is 1. The van der Waals surface area contributed by atoms with E-state index in [1.165, 1.54) is 0 Å². The Bertz CT molecular complexity index is 953. The Balaban J connectivity index is 0.000000351. The minimum atomic E-state index is -0.145. The molecule has 0 amide bonds. The summed E-state index contributed by atoms with van der Waals surface area (Å²) in [6.07, 6.45) is 7.57. The molecule has 0 radical (unpaired) electrons. The number of nitrogens with zero attached hydrogens (tertiary/aromatic N) is 2. The van der Waals surface area contributed by atoms with Crippen LogP contribution in [0.15, 0.2) is 78.9 Å². The molecule has 2 aromatic carbocycles. The third-order valence-corrected chi connectivity index (χ3v) is 3.62. The number of aromatic amines is 1. The summed E-state index contributed by atoms with van der Waals surface area (Å²) in [7, 11) is 1.59. The van der Waals surface area contributed by atoms with Crippen LogP contribution in [0.1, 0.15) is 5.56 Å². The van der Waals surface area contributed by atoms with Crippen molar-refractivity contribution in [2.45, 2.75) is 0 Å². The van der Waals surface area contributed by atoms with Crippen molar-refractivity contribution in [3.8, 4) is 5.75 Å². The van der Waals surface area contributed by atoms with Crippen molar-refractivity contribution in [1.29, 1.82) is 0 Å². The van der Waals surface area contributed by atoms with Gasteiger partial charge in [-0.25, -0.2) is 12.1 Å². The molecule has 0 atom stereocenters. The van der Waals surface area contributed by atoms with E-state index in [0.29, 0.717) is 22.0 Å². The molecule has 1 heterocycles. The molecule has 4 rings (SSSR count). The summed E-state index contributed by atoms with van der Waals surface area (Å²) in [5, 5.41) is 23.8. The van der Waals surface area contributed by atoms with Crippen LogP contribution in [0.3, 0.4) is 0 Å². The van der Waals surface area contributed by atoms with Crippen LogP contribution in [0.5, 0.6) is 5.75 Å².